The summed E-state index contributed by atoms with van der Waals surface area (Å²) in [6.07, 6.45) is 0.899. The van der Waals surface area contributed by atoms with Crippen LogP contribution in [0.25, 0.3) is 11.3 Å². The van der Waals surface area contributed by atoms with Gasteiger partial charge < -0.3 is 9.84 Å². The Morgan fingerprint density at radius 1 is 1.08 bits per heavy atom. The number of thioether (sulfide) groups is 1. The van der Waals surface area contributed by atoms with Crippen LogP contribution in [0.3, 0.4) is 0 Å². The first-order chi connectivity index (χ1) is 12.3. The van der Waals surface area contributed by atoms with E-state index in [2.05, 4.69) is 22.6 Å². The molecule has 25 heavy (non-hydrogen) atoms. The minimum atomic E-state index is -0.137. The van der Waals surface area contributed by atoms with Crippen molar-refractivity contribution in [1.82, 2.24) is 10.5 Å². The quantitative estimate of drug-likeness (QED) is 0.500. The SMILES string of the molecule is Cc1onc(-c2ccccc2)c1C(=O)NCCCSc1ccccc1. The van der Waals surface area contributed by atoms with E-state index in [1.54, 1.807) is 18.7 Å². The van der Waals surface area contributed by atoms with Crippen molar-refractivity contribution in [3.05, 3.63) is 72.0 Å². The van der Waals surface area contributed by atoms with Crippen LogP contribution >= 0.6 is 11.8 Å². The van der Waals surface area contributed by atoms with E-state index in [4.69, 9.17) is 4.52 Å². The van der Waals surface area contributed by atoms with Crippen molar-refractivity contribution < 1.29 is 9.32 Å². The molecule has 0 unspecified atom stereocenters. The number of aromatic nitrogens is 1. The van der Waals surface area contributed by atoms with E-state index in [1.165, 1.54) is 4.90 Å². The highest BCUT2D eigenvalue weighted by Crippen LogP contribution is 2.25. The van der Waals surface area contributed by atoms with Crippen LogP contribution in [0.4, 0.5) is 0 Å². The van der Waals surface area contributed by atoms with Gasteiger partial charge in [-0.2, -0.15) is 0 Å². The number of aryl methyl sites for hydroxylation is 1. The highest BCUT2D eigenvalue weighted by molar-refractivity contribution is 7.99. The molecule has 2 aromatic carbocycles. The summed E-state index contributed by atoms with van der Waals surface area (Å²) in [4.78, 5) is 13.8. The molecule has 1 amide bonds. The lowest BCUT2D eigenvalue weighted by Crippen LogP contribution is -2.25. The van der Waals surface area contributed by atoms with Gasteiger partial charge in [-0.25, -0.2) is 0 Å². The van der Waals surface area contributed by atoms with Crippen LogP contribution < -0.4 is 5.32 Å². The molecular formula is C20H20N2O2S. The molecule has 1 aromatic heterocycles. The van der Waals surface area contributed by atoms with Crippen LogP contribution in [0.15, 0.2) is 70.1 Å². The minimum Gasteiger partial charge on any atom is -0.360 e. The Bertz CT molecular complexity index is 816. The fraction of sp³-hybridized carbons (Fsp3) is 0.200. The number of carbonyl (C=O) groups is 1. The average molecular weight is 352 g/mol. The van der Waals surface area contributed by atoms with Crippen molar-refractivity contribution in [3.63, 3.8) is 0 Å². The monoisotopic (exact) mass is 352 g/mol. The Kier molecular flexibility index (Phi) is 5.90. The number of carbonyl (C=O) groups excluding carboxylic acids is 1. The first-order valence-corrected chi connectivity index (χ1v) is 9.22. The fourth-order valence-corrected chi connectivity index (χ4v) is 3.38. The molecule has 0 spiro atoms. The number of amides is 1. The lowest BCUT2D eigenvalue weighted by atomic mass is 10.1. The third kappa shape index (κ3) is 4.51. The zero-order valence-electron chi connectivity index (χ0n) is 14.1. The van der Waals surface area contributed by atoms with Crippen LogP contribution in [0, 0.1) is 6.92 Å². The zero-order valence-corrected chi connectivity index (χ0v) is 14.9. The van der Waals surface area contributed by atoms with E-state index < -0.39 is 0 Å². The number of nitrogens with one attached hydrogen (secondary N) is 1. The van der Waals surface area contributed by atoms with Crippen LogP contribution in [-0.2, 0) is 0 Å². The van der Waals surface area contributed by atoms with Crippen molar-refractivity contribution in [2.45, 2.75) is 18.2 Å². The van der Waals surface area contributed by atoms with E-state index in [0.29, 0.717) is 23.6 Å². The van der Waals surface area contributed by atoms with Gasteiger partial charge >= 0.3 is 0 Å². The molecule has 0 saturated carbocycles. The molecule has 1 heterocycles. The summed E-state index contributed by atoms with van der Waals surface area (Å²) in [6, 6.07) is 19.9. The summed E-state index contributed by atoms with van der Waals surface area (Å²) in [5, 5.41) is 7.02. The maximum absolute atomic E-state index is 12.5. The van der Waals surface area contributed by atoms with Crippen molar-refractivity contribution in [2.75, 3.05) is 12.3 Å². The van der Waals surface area contributed by atoms with Gasteiger partial charge in [-0.1, -0.05) is 53.7 Å². The summed E-state index contributed by atoms with van der Waals surface area (Å²) in [7, 11) is 0. The van der Waals surface area contributed by atoms with E-state index in [9.17, 15) is 4.79 Å². The van der Waals surface area contributed by atoms with Gasteiger partial charge in [0, 0.05) is 17.0 Å². The third-order valence-corrected chi connectivity index (χ3v) is 4.85. The Balaban J connectivity index is 1.54. The largest absolute Gasteiger partial charge is 0.360 e. The van der Waals surface area contributed by atoms with Crippen LogP contribution in [0.5, 0.6) is 0 Å². The molecule has 0 aliphatic rings. The standard InChI is InChI=1S/C20H20N2O2S/c1-15-18(19(22-24-15)16-9-4-2-5-10-16)20(23)21-13-8-14-25-17-11-6-3-7-12-17/h2-7,9-12H,8,13-14H2,1H3,(H,21,23). The Hall–Kier alpha value is -2.53. The van der Waals surface area contributed by atoms with Gasteiger partial charge in [-0.05, 0) is 31.2 Å². The molecule has 3 rings (SSSR count). The highest BCUT2D eigenvalue weighted by atomic mass is 32.2. The molecule has 0 radical (unpaired) electrons. The molecule has 0 atom stereocenters. The predicted octanol–water partition coefficient (Wildman–Crippen LogP) is 4.56. The van der Waals surface area contributed by atoms with Gasteiger partial charge in [-0.15, -0.1) is 11.8 Å². The molecule has 0 saturated heterocycles. The molecule has 0 bridgehead atoms. The number of hydrogen-bond donors (Lipinski definition) is 1. The van der Waals surface area contributed by atoms with Gasteiger partial charge in [-0.3, -0.25) is 4.79 Å². The Labute approximate surface area is 151 Å². The minimum absolute atomic E-state index is 0.137. The Morgan fingerprint density at radius 2 is 1.76 bits per heavy atom. The predicted molar refractivity (Wildman–Crippen MR) is 101 cm³/mol. The fourth-order valence-electron chi connectivity index (χ4n) is 2.50. The zero-order chi connectivity index (χ0) is 17.5. The second kappa shape index (κ2) is 8.53. The first kappa shape index (κ1) is 17.3. The second-order valence-corrected chi connectivity index (χ2v) is 6.77. The maximum Gasteiger partial charge on any atom is 0.257 e. The lowest BCUT2D eigenvalue weighted by Gasteiger charge is -2.06. The number of benzene rings is 2. The lowest BCUT2D eigenvalue weighted by molar-refractivity contribution is 0.0953. The Morgan fingerprint density at radius 3 is 2.48 bits per heavy atom. The highest BCUT2D eigenvalue weighted by Gasteiger charge is 2.20. The molecule has 0 fully saturated rings. The summed E-state index contributed by atoms with van der Waals surface area (Å²) in [5.74, 6) is 1.36. The summed E-state index contributed by atoms with van der Waals surface area (Å²) < 4.78 is 5.24. The van der Waals surface area contributed by atoms with Crippen molar-refractivity contribution in [1.29, 1.82) is 0 Å². The second-order valence-electron chi connectivity index (χ2n) is 5.60. The molecular weight excluding hydrogens is 332 g/mol. The van der Waals surface area contributed by atoms with E-state index in [1.807, 2.05) is 48.5 Å². The van der Waals surface area contributed by atoms with Crippen molar-refractivity contribution in [3.8, 4) is 11.3 Å². The van der Waals surface area contributed by atoms with Gasteiger partial charge in [0.15, 0.2) is 0 Å². The van der Waals surface area contributed by atoms with E-state index in [-0.39, 0.29) is 5.91 Å². The van der Waals surface area contributed by atoms with Crippen LogP contribution in [0.1, 0.15) is 22.5 Å². The molecule has 0 aliphatic carbocycles. The molecule has 3 aromatic rings. The van der Waals surface area contributed by atoms with Crippen LogP contribution in [0.2, 0.25) is 0 Å². The van der Waals surface area contributed by atoms with Crippen molar-refractivity contribution >= 4 is 17.7 Å². The average Bonchev–Trinajstić information content (AvgIpc) is 3.04. The number of hydrogen-bond acceptors (Lipinski definition) is 4. The van der Waals surface area contributed by atoms with Crippen molar-refractivity contribution in [2.24, 2.45) is 0 Å². The maximum atomic E-state index is 12.5. The summed E-state index contributed by atoms with van der Waals surface area (Å²) in [6.45, 7) is 2.39. The third-order valence-electron chi connectivity index (χ3n) is 3.76. The molecule has 5 heteroatoms. The van der Waals surface area contributed by atoms with Gasteiger partial charge in [0.2, 0.25) is 0 Å². The topological polar surface area (TPSA) is 55.1 Å². The summed E-state index contributed by atoms with van der Waals surface area (Å²) >= 11 is 1.79. The normalized spacial score (nSPS) is 10.6. The number of nitrogens with zero attached hydrogens (tertiary/aromatic N) is 1. The first-order valence-electron chi connectivity index (χ1n) is 8.23. The van der Waals surface area contributed by atoms with Crippen LogP contribution in [-0.4, -0.2) is 23.4 Å². The van der Waals surface area contributed by atoms with E-state index >= 15 is 0 Å². The van der Waals surface area contributed by atoms with Gasteiger partial charge in [0.05, 0.1) is 0 Å². The van der Waals surface area contributed by atoms with Gasteiger partial charge in [0.25, 0.3) is 5.91 Å². The van der Waals surface area contributed by atoms with Gasteiger partial charge in [0.1, 0.15) is 17.0 Å². The number of rotatable bonds is 7. The van der Waals surface area contributed by atoms with E-state index in [0.717, 1.165) is 17.7 Å². The summed E-state index contributed by atoms with van der Waals surface area (Å²) in [5.41, 5.74) is 1.99. The molecule has 0 aliphatic heterocycles. The smallest absolute Gasteiger partial charge is 0.257 e. The molecule has 4 nitrogen and oxygen atoms in total. The molecule has 128 valence electrons. The molecule has 1 N–H and O–H groups in total.